The third-order valence-electron chi connectivity index (χ3n) is 1.24. The van der Waals surface area contributed by atoms with Crippen LogP contribution >= 0.6 is 23.1 Å². The van der Waals surface area contributed by atoms with Crippen molar-refractivity contribution in [3.8, 4) is 0 Å². The minimum absolute atomic E-state index is 0.147. The third kappa shape index (κ3) is 2.24. The van der Waals surface area contributed by atoms with Gasteiger partial charge in [0, 0.05) is 9.77 Å². The molecule has 11 heavy (non-hydrogen) atoms. The molecule has 1 aromatic heterocycles. The van der Waals surface area contributed by atoms with Gasteiger partial charge in [0.25, 0.3) is 0 Å². The van der Waals surface area contributed by atoms with E-state index in [1.165, 1.54) is 11.3 Å². The van der Waals surface area contributed by atoms with Gasteiger partial charge in [-0.05, 0) is 17.7 Å². The van der Waals surface area contributed by atoms with Crippen LogP contribution in [0.5, 0.6) is 0 Å². The summed E-state index contributed by atoms with van der Waals surface area (Å²) in [6.45, 7) is 0. The second kappa shape index (κ2) is 3.78. The monoisotopic (exact) mass is 188 g/mol. The van der Waals surface area contributed by atoms with Gasteiger partial charge in [0.2, 0.25) is 0 Å². The highest BCUT2D eigenvalue weighted by Gasteiger charge is 2.06. The summed E-state index contributed by atoms with van der Waals surface area (Å²) < 4.78 is 0. The fourth-order valence-electron chi connectivity index (χ4n) is 0.777. The maximum atomic E-state index is 10.3. The topological polar surface area (TPSA) is 37.3 Å². The number of carboxylic acid groups (broad SMARTS) is 1. The highest BCUT2D eigenvalue weighted by Crippen LogP contribution is 2.25. The number of thioether (sulfide) groups is 1. The van der Waals surface area contributed by atoms with Crippen molar-refractivity contribution < 1.29 is 9.90 Å². The van der Waals surface area contributed by atoms with E-state index in [9.17, 15) is 4.79 Å². The minimum Gasteiger partial charge on any atom is -0.481 e. The Bertz CT molecular complexity index is 255. The highest BCUT2D eigenvalue weighted by atomic mass is 32.2. The van der Waals surface area contributed by atoms with Crippen molar-refractivity contribution in [3.05, 3.63) is 16.3 Å². The van der Waals surface area contributed by atoms with Crippen LogP contribution in [0.4, 0.5) is 0 Å². The number of hydrogen-bond acceptors (Lipinski definition) is 3. The van der Waals surface area contributed by atoms with Crippen molar-refractivity contribution in [2.75, 3.05) is 6.26 Å². The fourth-order valence-corrected chi connectivity index (χ4v) is 2.52. The van der Waals surface area contributed by atoms with E-state index in [2.05, 4.69) is 0 Å². The number of rotatable bonds is 3. The van der Waals surface area contributed by atoms with Crippen LogP contribution in [-0.4, -0.2) is 17.3 Å². The zero-order valence-corrected chi connectivity index (χ0v) is 7.67. The van der Waals surface area contributed by atoms with Gasteiger partial charge in [-0.3, -0.25) is 4.79 Å². The number of thiophene rings is 1. The Labute approximate surface area is 73.2 Å². The Morgan fingerprint density at radius 3 is 3.09 bits per heavy atom. The van der Waals surface area contributed by atoms with Crippen LogP contribution in [0, 0.1) is 0 Å². The Hall–Kier alpha value is -0.480. The molecule has 0 unspecified atom stereocenters. The Balaban J connectivity index is 2.76. The number of hydrogen-bond donors (Lipinski definition) is 1. The third-order valence-corrected chi connectivity index (χ3v) is 3.11. The standard InChI is InChI=1S/C7H8O2S2/c1-10-5-2-3-11-6(5)4-7(8)9/h2-3H,4H2,1H3,(H,8,9). The van der Waals surface area contributed by atoms with E-state index in [0.29, 0.717) is 0 Å². The Morgan fingerprint density at radius 1 is 1.82 bits per heavy atom. The summed E-state index contributed by atoms with van der Waals surface area (Å²) in [6, 6.07) is 1.95. The number of carboxylic acids is 1. The van der Waals surface area contributed by atoms with E-state index < -0.39 is 5.97 Å². The van der Waals surface area contributed by atoms with E-state index in [1.54, 1.807) is 11.8 Å². The number of carbonyl (C=O) groups is 1. The predicted molar refractivity (Wildman–Crippen MR) is 47.4 cm³/mol. The van der Waals surface area contributed by atoms with E-state index in [1.807, 2.05) is 17.7 Å². The molecule has 0 radical (unpaired) electrons. The highest BCUT2D eigenvalue weighted by molar-refractivity contribution is 7.98. The Kier molecular flexibility index (Phi) is 2.96. The lowest BCUT2D eigenvalue weighted by Crippen LogP contribution is -1.98. The normalized spacial score (nSPS) is 9.91. The van der Waals surface area contributed by atoms with E-state index in [4.69, 9.17) is 5.11 Å². The molecule has 1 N–H and O–H groups in total. The molecule has 2 nitrogen and oxygen atoms in total. The maximum Gasteiger partial charge on any atom is 0.308 e. The molecule has 1 rings (SSSR count). The molecule has 1 aromatic rings. The first-order valence-electron chi connectivity index (χ1n) is 3.06. The molecule has 0 saturated heterocycles. The van der Waals surface area contributed by atoms with Crippen molar-refractivity contribution in [3.63, 3.8) is 0 Å². The summed E-state index contributed by atoms with van der Waals surface area (Å²) in [5.41, 5.74) is 0. The van der Waals surface area contributed by atoms with Gasteiger partial charge in [-0.25, -0.2) is 0 Å². The van der Waals surface area contributed by atoms with Gasteiger partial charge >= 0.3 is 5.97 Å². The molecule has 0 aliphatic heterocycles. The molecule has 0 spiro atoms. The van der Waals surface area contributed by atoms with Gasteiger partial charge in [0.15, 0.2) is 0 Å². The average Bonchev–Trinajstić information content (AvgIpc) is 2.34. The zero-order chi connectivity index (χ0) is 8.27. The van der Waals surface area contributed by atoms with Gasteiger partial charge in [0.05, 0.1) is 6.42 Å². The van der Waals surface area contributed by atoms with Crippen molar-refractivity contribution in [1.29, 1.82) is 0 Å². The molecule has 0 aliphatic rings. The van der Waals surface area contributed by atoms with E-state index in [0.717, 1.165) is 9.77 Å². The summed E-state index contributed by atoms with van der Waals surface area (Å²) in [5.74, 6) is -0.761. The SMILES string of the molecule is CSc1ccsc1CC(=O)O. The molecular formula is C7H8O2S2. The lowest BCUT2D eigenvalue weighted by atomic mass is 10.3. The number of aliphatic carboxylic acids is 1. The molecule has 0 amide bonds. The zero-order valence-electron chi connectivity index (χ0n) is 6.03. The average molecular weight is 188 g/mol. The van der Waals surface area contributed by atoms with Crippen molar-refractivity contribution in [1.82, 2.24) is 0 Å². The maximum absolute atomic E-state index is 10.3. The fraction of sp³-hybridized carbons (Fsp3) is 0.286. The molecule has 0 bridgehead atoms. The second-order valence-corrected chi connectivity index (χ2v) is 3.83. The molecule has 1 heterocycles. The predicted octanol–water partition coefficient (Wildman–Crippen LogP) is 2.10. The molecule has 4 heteroatoms. The first-order valence-corrected chi connectivity index (χ1v) is 5.16. The van der Waals surface area contributed by atoms with E-state index >= 15 is 0 Å². The summed E-state index contributed by atoms with van der Waals surface area (Å²) in [5, 5.41) is 10.4. The molecule has 0 aliphatic carbocycles. The van der Waals surface area contributed by atoms with Gasteiger partial charge < -0.3 is 5.11 Å². The van der Waals surface area contributed by atoms with Crippen LogP contribution in [0.1, 0.15) is 4.88 Å². The van der Waals surface area contributed by atoms with Gasteiger partial charge in [-0.2, -0.15) is 0 Å². The molecule has 0 fully saturated rings. The quantitative estimate of drug-likeness (QED) is 0.738. The molecule has 0 saturated carbocycles. The first-order chi connectivity index (χ1) is 5.24. The lowest BCUT2D eigenvalue weighted by molar-refractivity contribution is -0.136. The summed E-state index contributed by atoms with van der Waals surface area (Å²) in [7, 11) is 0. The van der Waals surface area contributed by atoms with Crippen molar-refractivity contribution >= 4 is 29.1 Å². The Morgan fingerprint density at radius 2 is 2.55 bits per heavy atom. The van der Waals surface area contributed by atoms with Crippen LogP contribution in [0.15, 0.2) is 16.3 Å². The molecule has 60 valence electrons. The van der Waals surface area contributed by atoms with Gasteiger partial charge in [-0.15, -0.1) is 23.1 Å². The molecular weight excluding hydrogens is 180 g/mol. The van der Waals surface area contributed by atoms with Crippen LogP contribution < -0.4 is 0 Å². The van der Waals surface area contributed by atoms with Crippen LogP contribution in [0.25, 0.3) is 0 Å². The summed E-state index contributed by atoms with van der Waals surface area (Å²) >= 11 is 3.09. The van der Waals surface area contributed by atoms with Crippen LogP contribution in [0.3, 0.4) is 0 Å². The summed E-state index contributed by atoms with van der Waals surface area (Å²) in [6.07, 6.45) is 2.10. The lowest BCUT2D eigenvalue weighted by Gasteiger charge is -1.94. The van der Waals surface area contributed by atoms with Crippen LogP contribution in [0.2, 0.25) is 0 Å². The molecule has 0 aromatic carbocycles. The summed E-state index contributed by atoms with van der Waals surface area (Å²) in [4.78, 5) is 12.4. The van der Waals surface area contributed by atoms with Crippen LogP contribution in [-0.2, 0) is 11.2 Å². The van der Waals surface area contributed by atoms with E-state index in [-0.39, 0.29) is 6.42 Å². The first kappa shape index (κ1) is 8.62. The molecule has 0 atom stereocenters. The van der Waals surface area contributed by atoms with Crippen molar-refractivity contribution in [2.45, 2.75) is 11.3 Å². The van der Waals surface area contributed by atoms with Crippen molar-refractivity contribution in [2.24, 2.45) is 0 Å². The second-order valence-electron chi connectivity index (χ2n) is 1.98. The van der Waals surface area contributed by atoms with Gasteiger partial charge in [-0.1, -0.05) is 0 Å². The van der Waals surface area contributed by atoms with Gasteiger partial charge in [0.1, 0.15) is 0 Å². The minimum atomic E-state index is -0.761. The largest absolute Gasteiger partial charge is 0.481 e. The smallest absolute Gasteiger partial charge is 0.308 e.